The summed E-state index contributed by atoms with van der Waals surface area (Å²) in [7, 11) is 0. The van der Waals surface area contributed by atoms with Crippen molar-refractivity contribution in [2.75, 3.05) is 0 Å². The molecule has 1 atom stereocenters. The highest BCUT2D eigenvalue weighted by atomic mass is 19.3. The lowest BCUT2D eigenvalue weighted by molar-refractivity contribution is -0.0583. The van der Waals surface area contributed by atoms with Gasteiger partial charge in [-0.3, -0.25) is 0 Å². The third kappa shape index (κ3) is 5.94. The highest BCUT2D eigenvalue weighted by molar-refractivity contribution is 5.33. The molecule has 2 aliphatic carbocycles. The van der Waals surface area contributed by atoms with Crippen molar-refractivity contribution in [3.05, 3.63) is 29.8 Å². The van der Waals surface area contributed by atoms with E-state index in [1.54, 1.807) is 0 Å². The van der Waals surface area contributed by atoms with Gasteiger partial charge in [-0.05, 0) is 38.2 Å². The Morgan fingerprint density at radius 1 is 1.08 bits per heavy atom. The highest BCUT2D eigenvalue weighted by Crippen LogP contribution is 2.35. The molecule has 1 aromatic rings. The van der Waals surface area contributed by atoms with Gasteiger partial charge in [-0.2, -0.15) is 0 Å². The molecule has 0 spiro atoms. The molecule has 146 valence electrons. The van der Waals surface area contributed by atoms with Gasteiger partial charge in [0.1, 0.15) is 5.75 Å². The van der Waals surface area contributed by atoms with Crippen LogP contribution in [0.25, 0.3) is 0 Å². The zero-order valence-electron chi connectivity index (χ0n) is 16.0. The van der Waals surface area contributed by atoms with Gasteiger partial charge in [-0.15, -0.1) is 0 Å². The Morgan fingerprint density at radius 2 is 1.77 bits per heavy atom. The van der Waals surface area contributed by atoms with Gasteiger partial charge in [0.05, 0.1) is 6.10 Å². The fourth-order valence-electron chi connectivity index (χ4n) is 4.37. The molecule has 4 heteroatoms. The molecule has 2 nitrogen and oxygen atoms in total. The number of para-hydroxylation sites is 1. The van der Waals surface area contributed by atoms with Gasteiger partial charge in [0.15, 0.2) is 0 Å². The second kappa shape index (κ2) is 9.16. The van der Waals surface area contributed by atoms with E-state index in [-0.39, 0.29) is 18.9 Å². The SMILES string of the molecule is CC(CC1CCCCC1)NCc1ccccc1OC1CCC(F)(F)CC1. The first-order valence-electron chi connectivity index (χ1n) is 10.4. The molecular weight excluding hydrogens is 332 g/mol. The minimum absolute atomic E-state index is 0.0590. The lowest BCUT2D eigenvalue weighted by Gasteiger charge is -2.29. The molecular formula is C22H33F2NO. The summed E-state index contributed by atoms with van der Waals surface area (Å²) in [5, 5.41) is 3.64. The minimum Gasteiger partial charge on any atom is -0.490 e. The number of ether oxygens (including phenoxy) is 1. The second-order valence-corrected chi connectivity index (χ2v) is 8.30. The normalized spacial score (nSPS) is 22.9. The standard InChI is InChI=1S/C22H33F2NO/c1-17(15-18-7-3-2-4-8-18)25-16-19-9-5-6-10-21(19)26-20-11-13-22(23,24)14-12-20/h5-6,9-10,17-18,20,25H,2-4,7-8,11-16H2,1H3. The summed E-state index contributed by atoms with van der Waals surface area (Å²) in [5.41, 5.74) is 1.13. The van der Waals surface area contributed by atoms with Crippen LogP contribution in [-0.2, 0) is 6.54 Å². The van der Waals surface area contributed by atoms with Crippen LogP contribution >= 0.6 is 0 Å². The van der Waals surface area contributed by atoms with E-state index < -0.39 is 5.92 Å². The molecule has 2 aliphatic rings. The van der Waals surface area contributed by atoms with Crippen LogP contribution in [0.2, 0.25) is 0 Å². The monoisotopic (exact) mass is 365 g/mol. The van der Waals surface area contributed by atoms with Crippen molar-refractivity contribution >= 4 is 0 Å². The van der Waals surface area contributed by atoms with E-state index in [0.29, 0.717) is 18.9 Å². The Balaban J connectivity index is 1.49. The Labute approximate surface area is 156 Å². The van der Waals surface area contributed by atoms with Crippen LogP contribution in [0.15, 0.2) is 24.3 Å². The summed E-state index contributed by atoms with van der Waals surface area (Å²) in [6.07, 6.45) is 8.82. The average Bonchev–Trinajstić information content (AvgIpc) is 2.63. The zero-order valence-corrected chi connectivity index (χ0v) is 16.0. The number of rotatable bonds is 7. The molecule has 0 radical (unpaired) electrons. The third-order valence-corrected chi connectivity index (χ3v) is 5.98. The fourth-order valence-corrected chi connectivity index (χ4v) is 4.37. The molecule has 0 heterocycles. The van der Waals surface area contributed by atoms with Gasteiger partial charge < -0.3 is 10.1 Å². The largest absolute Gasteiger partial charge is 0.490 e. The molecule has 3 rings (SSSR count). The van der Waals surface area contributed by atoms with E-state index in [2.05, 4.69) is 18.3 Å². The Morgan fingerprint density at radius 3 is 2.50 bits per heavy atom. The van der Waals surface area contributed by atoms with Crippen LogP contribution in [0.1, 0.15) is 76.7 Å². The molecule has 0 saturated heterocycles. The van der Waals surface area contributed by atoms with Crippen LogP contribution in [0.4, 0.5) is 8.78 Å². The molecule has 1 aromatic carbocycles. The molecule has 1 unspecified atom stereocenters. The zero-order chi connectivity index (χ0) is 18.4. The summed E-state index contributed by atoms with van der Waals surface area (Å²) in [4.78, 5) is 0. The van der Waals surface area contributed by atoms with Crippen molar-refractivity contribution in [1.82, 2.24) is 5.32 Å². The van der Waals surface area contributed by atoms with Gasteiger partial charge in [0.25, 0.3) is 0 Å². The number of benzene rings is 1. The maximum absolute atomic E-state index is 13.3. The van der Waals surface area contributed by atoms with Crippen molar-refractivity contribution in [2.24, 2.45) is 5.92 Å². The van der Waals surface area contributed by atoms with Crippen molar-refractivity contribution in [3.8, 4) is 5.75 Å². The number of nitrogens with one attached hydrogen (secondary N) is 1. The smallest absolute Gasteiger partial charge is 0.248 e. The van der Waals surface area contributed by atoms with Crippen LogP contribution in [0.5, 0.6) is 5.75 Å². The van der Waals surface area contributed by atoms with Crippen molar-refractivity contribution < 1.29 is 13.5 Å². The van der Waals surface area contributed by atoms with Crippen LogP contribution in [-0.4, -0.2) is 18.1 Å². The molecule has 0 aromatic heterocycles. The summed E-state index contributed by atoms with van der Waals surface area (Å²) >= 11 is 0. The number of alkyl halides is 2. The molecule has 2 saturated carbocycles. The highest BCUT2D eigenvalue weighted by Gasteiger charge is 2.35. The maximum atomic E-state index is 13.3. The topological polar surface area (TPSA) is 21.3 Å². The minimum atomic E-state index is -2.50. The van der Waals surface area contributed by atoms with Gasteiger partial charge in [0.2, 0.25) is 5.92 Å². The second-order valence-electron chi connectivity index (χ2n) is 8.30. The summed E-state index contributed by atoms with van der Waals surface area (Å²) in [6, 6.07) is 8.51. The molecule has 0 amide bonds. The van der Waals surface area contributed by atoms with E-state index in [1.807, 2.05) is 18.2 Å². The van der Waals surface area contributed by atoms with Crippen LogP contribution < -0.4 is 10.1 Å². The lowest BCUT2D eigenvalue weighted by Crippen LogP contribution is -2.31. The van der Waals surface area contributed by atoms with Crippen LogP contribution in [0.3, 0.4) is 0 Å². The quantitative estimate of drug-likeness (QED) is 0.631. The molecule has 0 bridgehead atoms. The summed E-state index contributed by atoms with van der Waals surface area (Å²) in [6.45, 7) is 3.04. The lowest BCUT2D eigenvalue weighted by atomic mass is 9.85. The Bertz CT molecular complexity index is 547. The van der Waals surface area contributed by atoms with E-state index in [9.17, 15) is 8.78 Å². The number of hydrogen-bond donors (Lipinski definition) is 1. The fraction of sp³-hybridized carbons (Fsp3) is 0.727. The summed E-state index contributed by atoms with van der Waals surface area (Å²) < 4.78 is 32.8. The molecule has 1 N–H and O–H groups in total. The van der Waals surface area contributed by atoms with E-state index in [1.165, 1.54) is 38.5 Å². The van der Waals surface area contributed by atoms with Crippen molar-refractivity contribution in [2.45, 2.75) is 95.7 Å². The van der Waals surface area contributed by atoms with E-state index >= 15 is 0 Å². The number of hydrogen-bond acceptors (Lipinski definition) is 2. The predicted molar refractivity (Wildman–Crippen MR) is 102 cm³/mol. The maximum Gasteiger partial charge on any atom is 0.248 e. The molecule has 0 aliphatic heterocycles. The number of halogens is 2. The van der Waals surface area contributed by atoms with Gasteiger partial charge in [-0.25, -0.2) is 8.78 Å². The van der Waals surface area contributed by atoms with Gasteiger partial charge in [0, 0.05) is 31.0 Å². The molecule has 2 fully saturated rings. The van der Waals surface area contributed by atoms with Crippen molar-refractivity contribution in [3.63, 3.8) is 0 Å². The Kier molecular flexibility index (Phi) is 6.91. The Hall–Kier alpha value is -1.16. The summed E-state index contributed by atoms with van der Waals surface area (Å²) in [5.74, 6) is -0.795. The average molecular weight is 366 g/mol. The first kappa shape index (κ1) is 19.6. The first-order valence-corrected chi connectivity index (χ1v) is 10.4. The van der Waals surface area contributed by atoms with Gasteiger partial charge >= 0.3 is 0 Å². The van der Waals surface area contributed by atoms with Gasteiger partial charge in [-0.1, -0.05) is 50.3 Å². The first-order chi connectivity index (χ1) is 12.5. The third-order valence-electron chi connectivity index (χ3n) is 5.98. The van der Waals surface area contributed by atoms with Crippen LogP contribution in [0, 0.1) is 5.92 Å². The molecule has 26 heavy (non-hydrogen) atoms. The van der Waals surface area contributed by atoms with E-state index in [4.69, 9.17) is 4.74 Å². The van der Waals surface area contributed by atoms with Crippen molar-refractivity contribution in [1.29, 1.82) is 0 Å². The predicted octanol–water partition coefficient (Wildman–Crippen LogP) is 6.09. The van der Waals surface area contributed by atoms with E-state index in [0.717, 1.165) is 23.8 Å².